The number of amides is 1. The zero-order valence-corrected chi connectivity index (χ0v) is 12.7. The van der Waals surface area contributed by atoms with Crippen molar-refractivity contribution < 1.29 is 4.79 Å². The predicted octanol–water partition coefficient (Wildman–Crippen LogP) is 3.50. The maximum Gasteiger partial charge on any atom is 0.252 e. The molecule has 0 saturated heterocycles. The molecule has 0 unspecified atom stereocenters. The molecule has 0 radical (unpaired) electrons. The van der Waals surface area contributed by atoms with E-state index in [9.17, 15) is 4.79 Å². The van der Waals surface area contributed by atoms with Gasteiger partial charge in [0.15, 0.2) is 0 Å². The highest BCUT2D eigenvalue weighted by molar-refractivity contribution is 7.10. The van der Waals surface area contributed by atoms with Crippen molar-refractivity contribution in [2.75, 3.05) is 6.54 Å². The molecule has 0 aromatic carbocycles. The third-order valence-electron chi connectivity index (χ3n) is 4.02. The van der Waals surface area contributed by atoms with Crippen molar-refractivity contribution in [1.82, 2.24) is 10.3 Å². The van der Waals surface area contributed by atoms with Crippen LogP contribution in [0.5, 0.6) is 0 Å². The number of carbonyl (C=O) groups is 1. The molecule has 1 fully saturated rings. The summed E-state index contributed by atoms with van der Waals surface area (Å²) in [5.41, 5.74) is 0.712. The summed E-state index contributed by atoms with van der Waals surface area (Å²) in [4.78, 5) is 17.4. The van der Waals surface area contributed by atoms with Crippen molar-refractivity contribution in [3.8, 4) is 0 Å². The van der Waals surface area contributed by atoms with Crippen LogP contribution in [0.4, 0.5) is 0 Å². The lowest BCUT2D eigenvalue weighted by Crippen LogP contribution is -2.27. The van der Waals surface area contributed by atoms with Gasteiger partial charge in [-0.05, 0) is 29.9 Å². The quantitative estimate of drug-likeness (QED) is 0.939. The van der Waals surface area contributed by atoms with E-state index in [2.05, 4.69) is 34.7 Å². The first kappa shape index (κ1) is 13.6. The molecule has 20 heavy (non-hydrogen) atoms. The van der Waals surface area contributed by atoms with Gasteiger partial charge in [-0.1, -0.05) is 24.6 Å². The summed E-state index contributed by atoms with van der Waals surface area (Å²) in [7, 11) is 0. The summed E-state index contributed by atoms with van der Waals surface area (Å²) in [5, 5.41) is 5.47. The van der Waals surface area contributed by atoms with Gasteiger partial charge in [0.1, 0.15) is 0 Å². The highest BCUT2D eigenvalue weighted by atomic mass is 35.5. The molecule has 3 rings (SSSR count). The van der Waals surface area contributed by atoms with Gasteiger partial charge in [0.2, 0.25) is 0 Å². The molecule has 0 aliphatic heterocycles. The third kappa shape index (κ3) is 2.45. The van der Waals surface area contributed by atoms with Crippen LogP contribution >= 0.6 is 22.9 Å². The number of nitrogens with one attached hydrogen (secondary N) is 1. The molecule has 1 aliphatic rings. The molecule has 2 aromatic heterocycles. The number of rotatable bonds is 4. The Morgan fingerprint density at radius 1 is 1.60 bits per heavy atom. The molecular formula is C15H15ClN2OS. The summed E-state index contributed by atoms with van der Waals surface area (Å²) >= 11 is 7.75. The van der Waals surface area contributed by atoms with Crippen LogP contribution in [0.1, 0.15) is 28.6 Å². The molecule has 0 bridgehead atoms. The van der Waals surface area contributed by atoms with E-state index < -0.39 is 0 Å². The minimum absolute atomic E-state index is 0.127. The number of aromatic nitrogens is 1. The Labute approximate surface area is 127 Å². The smallest absolute Gasteiger partial charge is 0.252 e. The maximum absolute atomic E-state index is 12.1. The minimum Gasteiger partial charge on any atom is -0.352 e. The Morgan fingerprint density at radius 3 is 3.15 bits per heavy atom. The van der Waals surface area contributed by atoms with Gasteiger partial charge in [-0.2, -0.15) is 0 Å². The molecular weight excluding hydrogens is 292 g/mol. The van der Waals surface area contributed by atoms with Crippen molar-refractivity contribution in [2.24, 2.45) is 5.92 Å². The van der Waals surface area contributed by atoms with Crippen LogP contribution in [-0.2, 0) is 5.41 Å². The number of halogens is 1. The van der Waals surface area contributed by atoms with Crippen molar-refractivity contribution in [1.29, 1.82) is 0 Å². The van der Waals surface area contributed by atoms with E-state index in [4.69, 9.17) is 11.6 Å². The van der Waals surface area contributed by atoms with Crippen LogP contribution in [0.15, 0.2) is 36.0 Å². The Morgan fingerprint density at radius 2 is 2.45 bits per heavy atom. The fraction of sp³-hybridized carbons (Fsp3) is 0.333. The number of carbonyl (C=O) groups excluding carboxylic acids is 1. The van der Waals surface area contributed by atoms with Gasteiger partial charge in [0, 0.05) is 29.2 Å². The predicted molar refractivity (Wildman–Crippen MR) is 81.4 cm³/mol. The molecule has 0 spiro atoms. The van der Waals surface area contributed by atoms with Gasteiger partial charge in [0.25, 0.3) is 5.91 Å². The normalized spacial score (nSPS) is 24.4. The van der Waals surface area contributed by atoms with E-state index in [-0.39, 0.29) is 11.3 Å². The zero-order chi connectivity index (χ0) is 14.2. The summed E-state index contributed by atoms with van der Waals surface area (Å²) in [6.45, 7) is 2.95. The molecule has 3 nitrogen and oxygen atoms in total. The van der Waals surface area contributed by atoms with Crippen LogP contribution in [0.3, 0.4) is 0 Å². The average Bonchev–Trinajstić information content (AvgIpc) is 2.89. The fourth-order valence-electron chi connectivity index (χ4n) is 2.53. The average molecular weight is 307 g/mol. The molecule has 1 saturated carbocycles. The standard InChI is InChI=1S/C15H15ClN2OS/c1-15(13-3-2-6-20-13)7-10(15)8-18-14(19)11-4-5-17-9-12(11)16/h2-6,9-10H,7-8H2,1H3,(H,18,19)/t10-,15+/m1/s1. The van der Waals surface area contributed by atoms with Gasteiger partial charge in [0.05, 0.1) is 10.6 Å². The van der Waals surface area contributed by atoms with Gasteiger partial charge in [-0.3, -0.25) is 9.78 Å². The van der Waals surface area contributed by atoms with E-state index in [0.717, 1.165) is 6.42 Å². The summed E-state index contributed by atoms with van der Waals surface area (Å²) in [6, 6.07) is 5.89. The Balaban J connectivity index is 1.59. The first-order valence-corrected chi connectivity index (χ1v) is 7.79. The van der Waals surface area contributed by atoms with Crippen LogP contribution < -0.4 is 5.32 Å². The van der Waals surface area contributed by atoms with Crippen molar-refractivity contribution in [3.63, 3.8) is 0 Å². The third-order valence-corrected chi connectivity index (χ3v) is 5.47. The Bertz CT molecular complexity index is 629. The molecule has 1 N–H and O–H groups in total. The lowest BCUT2D eigenvalue weighted by Gasteiger charge is -2.10. The van der Waals surface area contributed by atoms with E-state index in [0.29, 0.717) is 23.0 Å². The second-order valence-electron chi connectivity index (χ2n) is 5.36. The van der Waals surface area contributed by atoms with Crippen molar-refractivity contribution in [3.05, 3.63) is 51.4 Å². The Hall–Kier alpha value is -1.39. The van der Waals surface area contributed by atoms with E-state index in [1.165, 1.54) is 11.1 Å². The fourth-order valence-corrected chi connectivity index (χ4v) is 3.71. The topological polar surface area (TPSA) is 42.0 Å². The van der Waals surface area contributed by atoms with Crippen molar-refractivity contribution >= 4 is 28.8 Å². The van der Waals surface area contributed by atoms with Gasteiger partial charge >= 0.3 is 0 Å². The number of nitrogens with zero attached hydrogens (tertiary/aromatic N) is 1. The maximum atomic E-state index is 12.1. The van der Waals surface area contributed by atoms with E-state index >= 15 is 0 Å². The monoisotopic (exact) mass is 306 g/mol. The SMILES string of the molecule is C[C@]1(c2cccs2)C[C@@H]1CNC(=O)c1ccncc1Cl. The van der Waals surface area contributed by atoms with Crippen LogP contribution in [0.25, 0.3) is 0 Å². The lowest BCUT2D eigenvalue weighted by atomic mass is 10.0. The highest BCUT2D eigenvalue weighted by Gasteiger charge is 2.51. The summed E-state index contributed by atoms with van der Waals surface area (Å²) in [5.74, 6) is 0.378. The molecule has 104 valence electrons. The number of pyridine rings is 1. The summed E-state index contributed by atoms with van der Waals surface area (Å²) < 4.78 is 0. The first-order chi connectivity index (χ1) is 9.61. The minimum atomic E-state index is -0.127. The molecule has 2 aromatic rings. The molecule has 1 amide bonds. The van der Waals surface area contributed by atoms with Crippen LogP contribution in [0.2, 0.25) is 5.02 Å². The zero-order valence-electron chi connectivity index (χ0n) is 11.1. The first-order valence-electron chi connectivity index (χ1n) is 6.53. The molecule has 2 atom stereocenters. The number of hydrogen-bond donors (Lipinski definition) is 1. The van der Waals surface area contributed by atoms with E-state index in [1.807, 2.05) is 0 Å². The second kappa shape index (κ2) is 5.19. The van der Waals surface area contributed by atoms with Gasteiger partial charge in [-0.15, -0.1) is 11.3 Å². The van der Waals surface area contributed by atoms with Crippen LogP contribution in [-0.4, -0.2) is 17.4 Å². The van der Waals surface area contributed by atoms with Gasteiger partial charge in [-0.25, -0.2) is 0 Å². The largest absolute Gasteiger partial charge is 0.352 e. The highest BCUT2D eigenvalue weighted by Crippen LogP contribution is 2.54. The number of thiophene rings is 1. The Kier molecular flexibility index (Phi) is 3.52. The van der Waals surface area contributed by atoms with Crippen molar-refractivity contribution in [2.45, 2.75) is 18.8 Å². The molecule has 2 heterocycles. The number of hydrogen-bond acceptors (Lipinski definition) is 3. The van der Waals surface area contributed by atoms with Crippen LogP contribution in [0, 0.1) is 5.92 Å². The van der Waals surface area contributed by atoms with Gasteiger partial charge < -0.3 is 5.32 Å². The van der Waals surface area contributed by atoms with E-state index in [1.54, 1.807) is 23.6 Å². The lowest BCUT2D eigenvalue weighted by molar-refractivity contribution is 0.0951. The summed E-state index contributed by atoms with van der Waals surface area (Å²) in [6.07, 6.45) is 4.19. The molecule has 5 heteroatoms. The molecule has 1 aliphatic carbocycles. The second-order valence-corrected chi connectivity index (χ2v) is 6.72.